The van der Waals surface area contributed by atoms with Gasteiger partial charge in [-0.2, -0.15) is 0 Å². The molecule has 1 aromatic carbocycles. The molecular weight excluding hydrogens is 337 g/mol. The smallest absolute Gasteiger partial charge is 0.230 e. The fraction of sp³-hybridized carbons (Fsp3) is 0.588. The molecule has 0 bridgehead atoms. The van der Waals surface area contributed by atoms with Crippen LogP contribution in [0.1, 0.15) is 45.1 Å². The lowest BCUT2D eigenvalue weighted by molar-refractivity contribution is -0.118. The van der Waals surface area contributed by atoms with Crippen molar-refractivity contribution in [3.8, 4) is 0 Å². The molecule has 0 fully saturated rings. The Morgan fingerprint density at radius 1 is 1.27 bits per heavy atom. The van der Waals surface area contributed by atoms with Crippen molar-refractivity contribution in [2.45, 2.75) is 45.3 Å². The Labute approximate surface area is 148 Å². The van der Waals surface area contributed by atoms with E-state index in [1.807, 2.05) is 18.2 Å². The zero-order chi connectivity index (χ0) is 16.4. The monoisotopic (exact) mass is 361 g/mol. The fourth-order valence-electron chi connectivity index (χ4n) is 2.17. The number of rotatable bonds is 10. The van der Waals surface area contributed by atoms with E-state index >= 15 is 0 Å². The highest BCUT2D eigenvalue weighted by Crippen LogP contribution is 2.28. The number of carbonyl (C=O) groups is 1. The second kappa shape index (κ2) is 11.2. The molecule has 0 radical (unpaired) electrons. The second-order valence-corrected chi connectivity index (χ2v) is 7.21. The average Bonchev–Trinajstić information content (AvgIpc) is 2.50. The lowest BCUT2D eigenvalue weighted by atomic mass is 9.99. The van der Waals surface area contributed by atoms with Crippen LogP contribution < -0.4 is 5.32 Å². The SMILES string of the molecule is CCCC[C@@H](CC)CNC(=O)CSCc1c(Cl)cccc1Cl. The summed E-state index contributed by atoms with van der Waals surface area (Å²) in [5, 5.41) is 4.35. The summed E-state index contributed by atoms with van der Waals surface area (Å²) in [5.41, 5.74) is 0.901. The number of thioether (sulfide) groups is 1. The molecule has 0 aromatic heterocycles. The first-order chi connectivity index (χ1) is 10.6. The van der Waals surface area contributed by atoms with Crippen molar-refractivity contribution in [1.82, 2.24) is 5.32 Å². The van der Waals surface area contributed by atoms with Gasteiger partial charge < -0.3 is 5.32 Å². The van der Waals surface area contributed by atoms with E-state index in [1.165, 1.54) is 31.0 Å². The van der Waals surface area contributed by atoms with Gasteiger partial charge >= 0.3 is 0 Å². The van der Waals surface area contributed by atoms with Gasteiger partial charge in [0.15, 0.2) is 0 Å². The number of nitrogens with one attached hydrogen (secondary N) is 1. The number of halogens is 2. The number of hydrogen-bond donors (Lipinski definition) is 1. The van der Waals surface area contributed by atoms with Crippen molar-refractivity contribution in [3.05, 3.63) is 33.8 Å². The Kier molecular flexibility index (Phi) is 10.0. The minimum Gasteiger partial charge on any atom is -0.355 e. The molecule has 2 nitrogen and oxygen atoms in total. The van der Waals surface area contributed by atoms with Crippen LogP contribution in [0.4, 0.5) is 0 Å². The van der Waals surface area contributed by atoms with Gasteiger partial charge in [-0.1, -0.05) is 62.4 Å². The van der Waals surface area contributed by atoms with E-state index in [9.17, 15) is 4.79 Å². The number of hydrogen-bond acceptors (Lipinski definition) is 2. The summed E-state index contributed by atoms with van der Waals surface area (Å²) in [6, 6.07) is 5.47. The first-order valence-corrected chi connectivity index (χ1v) is 9.76. The van der Waals surface area contributed by atoms with Crippen molar-refractivity contribution in [2.24, 2.45) is 5.92 Å². The van der Waals surface area contributed by atoms with Crippen molar-refractivity contribution in [1.29, 1.82) is 0 Å². The molecule has 0 unspecified atom stereocenters. The zero-order valence-corrected chi connectivity index (χ0v) is 15.7. The van der Waals surface area contributed by atoms with Crippen molar-refractivity contribution in [2.75, 3.05) is 12.3 Å². The number of unbranched alkanes of at least 4 members (excludes halogenated alkanes) is 1. The Bertz CT molecular complexity index is 448. The number of carbonyl (C=O) groups excluding carboxylic acids is 1. The molecule has 0 spiro atoms. The molecule has 0 aliphatic carbocycles. The molecule has 0 aliphatic heterocycles. The Morgan fingerprint density at radius 2 is 1.95 bits per heavy atom. The van der Waals surface area contributed by atoms with E-state index in [2.05, 4.69) is 19.2 Å². The molecule has 0 saturated carbocycles. The molecule has 1 rings (SSSR count). The van der Waals surface area contributed by atoms with Crippen LogP contribution in [0.25, 0.3) is 0 Å². The third-order valence-electron chi connectivity index (χ3n) is 3.67. The van der Waals surface area contributed by atoms with E-state index in [0.717, 1.165) is 18.5 Å². The minimum absolute atomic E-state index is 0.0862. The van der Waals surface area contributed by atoms with Crippen LogP contribution in [0.3, 0.4) is 0 Å². The molecule has 1 atom stereocenters. The van der Waals surface area contributed by atoms with E-state index in [1.54, 1.807) is 0 Å². The van der Waals surface area contributed by atoms with Gasteiger partial charge in [-0.05, 0) is 30.0 Å². The average molecular weight is 362 g/mol. The van der Waals surface area contributed by atoms with Crippen LogP contribution in [0.15, 0.2) is 18.2 Å². The van der Waals surface area contributed by atoms with Gasteiger partial charge in [0.1, 0.15) is 0 Å². The van der Waals surface area contributed by atoms with Crippen LogP contribution in [-0.4, -0.2) is 18.2 Å². The van der Waals surface area contributed by atoms with Gasteiger partial charge in [0.05, 0.1) is 5.75 Å². The molecule has 0 heterocycles. The molecule has 5 heteroatoms. The van der Waals surface area contributed by atoms with Crippen LogP contribution in [-0.2, 0) is 10.5 Å². The third-order valence-corrected chi connectivity index (χ3v) is 5.34. The number of benzene rings is 1. The van der Waals surface area contributed by atoms with E-state index < -0.39 is 0 Å². The molecule has 1 N–H and O–H groups in total. The van der Waals surface area contributed by atoms with Crippen LogP contribution in [0.5, 0.6) is 0 Å². The Balaban J connectivity index is 2.28. The van der Waals surface area contributed by atoms with Crippen molar-refractivity contribution < 1.29 is 4.79 Å². The highest BCUT2D eigenvalue weighted by atomic mass is 35.5. The Morgan fingerprint density at radius 3 is 2.55 bits per heavy atom. The highest BCUT2D eigenvalue weighted by molar-refractivity contribution is 7.99. The Hall–Kier alpha value is -0.380. The highest BCUT2D eigenvalue weighted by Gasteiger charge is 2.10. The second-order valence-electron chi connectivity index (χ2n) is 5.41. The van der Waals surface area contributed by atoms with Gasteiger partial charge in [-0.25, -0.2) is 0 Å². The molecule has 124 valence electrons. The standard InChI is InChI=1S/C17H25Cl2NOS/c1-3-5-7-13(4-2)10-20-17(21)12-22-11-14-15(18)8-6-9-16(14)19/h6,8-9,13H,3-5,7,10-12H2,1-2H3,(H,20,21)/t13-/m1/s1. The molecule has 1 aromatic rings. The summed E-state index contributed by atoms with van der Waals surface area (Å²) < 4.78 is 0. The first-order valence-electron chi connectivity index (χ1n) is 7.85. The predicted molar refractivity (Wildman–Crippen MR) is 98.9 cm³/mol. The summed E-state index contributed by atoms with van der Waals surface area (Å²) >= 11 is 13.8. The maximum Gasteiger partial charge on any atom is 0.230 e. The summed E-state index contributed by atoms with van der Waals surface area (Å²) in [6.45, 7) is 5.16. The first kappa shape index (κ1) is 19.7. The van der Waals surface area contributed by atoms with Crippen LogP contribution in [0.2, 0.25) is 10.0 Å². The lowest BCUT2D eigenvalue weighted by Crippen LogP contribution is -2.30. The van der Waals surface area contributed by atoms with Crippen molar-refractivity contribution >= 4 is 40.9 Å². The maximum atomic E-state index is 11.9. The van der Waals surface area contributed by atoms with Gasteiger partial charge in [0, 0.05) is 22.3 Å². The minimum atomic E-state index is 0.0862. The van der Waals surface area contributed by atoms with E-state index in [4.69, 9.17) is 23.2 Å². The molecule has 0 saturated heterocycles. The van der Waals surface area contributed by atoms with E-state index in [0.29, 0.717) is 27.5 Å². The van der Waals surface area contributed by atoms with Gasteiger partial charge in [0.2, 0.25) is 5.91 Å². The van der Waals surface area contributed by atoms with Gasteiger partial charge in [-0.3, -0.25) is 4.79 Å². The quantitative estimate of drug-likeness (QED) is 0.590. The molecule has 0 aliphatic rings. The van der Waals surface area contributed by atoms with Crippen LogP contribution in [0, 0.1) is 5.92 Å². The molecule has 22 heavy (non-hydrogen) atoms. The predicted octanol–water partition coefficient (Wildman–Crippen LogP) is 5.56. The van der Waals surface area contributed by atoms with E-state index in [-0.39, 0.29) is 5.91 Å². The largest absolute Gasteiger partial charge is 0.355 e. The maximum absolute atomic E-state index is 11.9. The lowest BCUT2D eigenvalue weighted by Gasteiger charge is -2.15. The summed E-state index contributed by atoms with van der Waals surface area (Å²) in [4.78, 5) is 11.9. The topological polar surface area (TPSA) is 29.1 Å². The number of amides is 1. The molecular formula is C17H25Cl2NOS. The summed E-state index contributed by atoms with van der Waals surface area (Å²) in [7, 11) is 0. The zero-order valence-electron chi connectivity index (χ0n) is 13.3. The van der Waals surface area contributed by atoms with Crippen molar-refractivity contribution in [3.63, 3.8) is 0 Å². The molecule has 1 amide bonds. The fourth-order valence-corrected chi connectivity index (χ4v) is 3.76. The van der Waals surface area contributed by atoms with Gasteiger partial charge in [-0.15, -0.1) is 11.8 Å². The summed E-state index contributed by atoms with van der Waals surface area (Å²) in [5.74, 6) is 1.76. The van der Waals surface area contributed by atoms with Crippen LogP contribution >= 0.6 is 35.0 Å². The van der Waals surface area contributed by atoms with Gasteiger partial charge in [0.25, 0.3) is 0 Å². The summed E-state index contributed by atoms with van der Waals surface area (Å²) in [6.07, 6.45) is 4.74. The third kappa shape index (κ3) is 7.26. The normalized spacial score (nSPS) is 12.2.